The van der Waals surface area contributed by atoms with E-state index in [1.54, 1.807) is 25.1 Å². The highest BCUT2D eigenvalue weighted by atomic mass is 32.2. The summed E-state index contributed by atoms with van der Waals surface area (Å²) in [6.45, 7) is 10.5. The molecule has 1 amide bonds. The predicted octanol–water partition coefficient (Wildman–Crippen LogP) is 2.47. The highest BCUT2D eigenvalue weighted by Crippen LogP contribution is 2.25. The Balaban J connectivity index is 1.40. The largest absolute Gasteiger partial charge is 0.379 e. The Labute approximate surface area is 202 Å². The molecule has 0 spiro atoms. The second-order valence-corrected chi connectivity index (χ2v) is 10.9. The lowest BCUT2D eigenvalue weighted by atomic mass is 10.1. The fourth-order valence-electron chi connectivity index (χ4n) is 4.56. The summed E-state index contributed by atoms with van der Waals surface area (Å²) in [4.78, 5) is 17.8. The molecule has 0 aromatic heterocycles. The van der Waals surface area contributed by atoms with Crippen LogP contribution in [0.25, 0.3) is 0 Å². The fraction of sp³-hybridized carbons (Fsp3) is 0.480. The molecule has 0 aliphatic carbocycles. The number of anilines is 2. The monoisotopic (exact) mass is 486 g/mol. The van der Waals surface area contributed by atoms with E-state index in [4.69, 9.17) is 4.74 Å². The van der Waals surface area contributed by atoms with Crippen LogP contribution in [0.4, 0.5) is 11.4 Å². The number of para-hydroxylation sites is 1. The molecule has 2 aromatic rings. The van der Waals surface area contributed by atoms with Crippen molar-refractivity contribution in [3.63, 3.8) is 0 Å². The van der Waals surface area contributed by atoms with E-state index in [1.807, 2.05) is 13.0 Å². The van der Waals surface area contributed by atoms with Crippen LogP contribution in [0.5, 0.6) is 0 Å². The Kier molecular flexibility index (Phi) is 7.57. The number of benzene rings is 2. The van der Waals surface area contributed by atoms with Gasteiger partial charge in [-0.15, -0.1) is 0 Å². The van der Waals surface area contributed by atoms with Gasteiger partial charge >= 0.3 is 0 Å². The minimum Gasteiger partial charge on any atom is -0.379 e. The van der Waals surface area contributed by atoms with Crippen molar-refractivity contribution in [2.45, 2.75) is 31.7 Å². The number of nitrogens with zero attached hydrogens (tertiary/aromatic N) is 3. The quantitative estimate of drug-likeness (QED) is 0.676. The number of aryl methyl sites for hydroxylation is 2. The average Bonchev–Trinajstić information content (AvgIpc) is 2.85. The molecule has 1 atom stereocenters. The van der Waals surface area contributed by atoms with Gasteiger partial charge in [0.15, 0.2) is 0 Å². The molecule has 34 heavy (non-hydrogen) atoms. The van der Waals surface area contributed by atoms with Gasteiger partial charge < -0.3 is 15.0 Å². The number of amides is 1. The van der Waals surface area contributed by atoms with Crippen LogP contribution in [0.15, 0.2) is 47.4 Å². The molecule has 1 unspecified atom stereocenters. The highest BCUT2D eigenvalue weighted by molar-refractivity contribution is 7.89. The Morgan fingerprint density at radius 2 is 1.62 bits per heavy atom. The van der Waals surface area contributed by atoms with Crippen molar-refractivity contribution in [3.05, 3.63) is 53.6 Å². The third-order valence-corrected chi connectivity index (χ3v) is 8.78. The lowest BCUT2D eigenvalue weighted by Crippen LogP contribution is -2.53. The second-order valence-electron chi connectivity index (χ2n) is 8.97. The van der Waals surface area contributed by atoms with Crippen LogP contribution >= 0.6 is 0 Å². The van der Waals surface area contributed by atoms with E-state index in [2.05, 4.69) is 40.2 Å². The van der Waals surface area contributed by atoms with Gasteiger partial charge in [0.05, 0.1) is 24.2 Å². The molecule has 2 fully saturated rings. The van der Waals surface area contributed by atoms with Crippen molar-refractivity contribution in [2.24, 2.45) is 0 Å². The Hall–Kier alpha value is -2.46. The maximum atomic E-state index is 13.1. The zero-order valence-electron chi connectivity index (χ0n) is 20.2. The van der Waals surface area contributed by atoms with Gasteiger partial charge in [-0.05, 0) is 50.1 Å². The van der Waals surface area contributed by atoms with Gasteiger partial charge in [-0.3, -0.25) is 9.69 Å². The van der Waals surface area contributed by atoms with E-state index >= 15 is 0 Å². The molecule has 2 saturated heterocycles. The smallest absolute Gasteiger partial charge is 0.243 e. The molecule has 9 heteroatoms. The molecule has 4 rings (SSSR count). The van der Waals surface area contributed by atoms with Crippen molar-refractivity contribution in [1.82, 2.24) is 9.21 Å². The van der Waals surface area contributed by atoms with E-state index in [1.165, 1.54) is 15.6 Å². The average molecular weight is 487 g/mol. The molecule has 0 radical (unpaired) electrons. The second kappa shape index (κ2) is 10.4. The van der Waals surface area contributed by atoms with Gasteiger partial charge in [0.1, 0.15) is 0 Å². The summed E-state index contributed by atoms with van der Waals surface area (Å²) in [7, 11) is -3.64. The number of rotatable bonds is 6. The molecule has 2 aromatic carbocycles. The standard InChI is InChI=1S/C25H34N4O4S/c1-19-6-4-5-7-23(19)28-12-10-27(11-13-28)21(3)25(30)26-22-9-8-20(2)24(18-22)34(31,32)29-14-16-33-17-15-29/h4-9,18,21H,10-17H2,1-3H3,(H,26,30). The third kappa shape index (κ3) is 5.27. The van der Waals surface area contributed by atoms with E-state index in [0.29, 0.717) is 37.6 Å². The van der Waals surface area contributed by atoms with E-state index in [0.717, 1.165) is 26.2 Å². The summed E-state index contributed by atoms with van der Waals surface area (Å²) in [6, 6.07) is 13.1. The molecule has 184 valence electrons. The maximum Gasteiger partial charge on any atom is 0.243 e. The van der Waals surface area contributed by atoms with E-state index in [9.17, 15) is 13.2 Å². The third-order valence-electron chi connectivity index (χ3n) is 6.74. The Morgan fingerprint density at radius 1 is 0.941 bits per heavy atom. The van der Waals surface area contributed by atoms with Gasteiger partial charge in [-0.25, -0.2) is 8.42 Å². The SMILES string of the molecule is Cc1ccccc1N1CCN(C(C)C(=O)Nc2ccc(C)c(S(=O)(=O)N3CCOCC3)c2)CC1. The van der Waals surface area contributed by atoms with Crippen LogP contribution in [0.3, 0.4) is 0 Å². The number of sulfonamides is 1. The van der Waals surface area contributed by atoms with Crippen molar-refractivity contribution >= 4 is 27.3 Å². The summed E-state index contributed by atoms with van der Waals surface area (Å²) < 4.78 is 33.0. The Morgan fingerprint density at radius 3 is 2.29 bits per heavy atom. The lowest BCUT2D eigenvalue weighted by Gasteiger charge is -2.39. The van der Waals surface area contributed by atoms with E-state index in [-0.39, 0.29) is 16.8 Å². The summed E-state index contributed by atoms with van der Waals surface area (Å²) >= 11 is 0. The first kappa shape index (κ1) is 24.7. The zero-order chi connectivity index (χ0) is 24.3. The zero-order valence-corrected chi connectivity index (χ0v) is 21.0. The summed E-state index contributed by atoms with van der Waals surface area (Å²) in [6.07, 6.45) is 0. The number of carbonyl (C=O) groups excluding carboxylic acids is 1. The summed E-state index contributed by atoms with van der Waals surface area (Å²) in [5, 5.41) is 2.93. The number of piperazine rings is 1. The topological polar surface area (TPSA) is 82.2 Å². The number of ether oxygens (including phenoxy) is 1. The molecule has 1 N–H and O–H groups in total. The molecular weight excluding hydrogens is 452 g/mol. The van der Waals surface area contributed by atoms with Crippen LogP contribution in [0, 0.1) is 13.8 Å². The molecule has 0 saturated carbocycles. The van der Waals surface area contributed by atoms with Crippen molar-refractivity contribution in [1.29, 1.82) is 0 Å². The molecular formula is C25H34N4O4S. The van der Waals surface area contributed by atoms with Crippen molar-refractivity contribution in [2.75, 3.05) is 62.7 Å². The normalized spacial score (nSPS) is 19.1. The van der Waals surface area contributed by atoms with Crippen molar-refractivity contribution < 1.29 is 17.9 Å². The fourth-order valence-corrected chi connectivity index (χ4v) is 6.22. The number of nitrogens with one attached hydrogen (secondary N) is 1. The van der Waals surface area contributed by atoms with E-state index < -0.39 is 10.0 Å². The van der Waals surface area contributed by atoms with Gasteiger partial charge in [0.2, 0.25) is 15.9 Å². The minimum absolute atomic E-state index is 0.136. The van der Waals surface area contributed by atoms with Gasteiger partial charge in [0.25, 0.3) is 0 Å². The first-order valence-corrected chi connectivity index (χ1v) is 13.3. The predicted molar refractivity (Wildman–Crippen MR) is 134 cm³/mol. The van der Waals surface area contributed by atoms with Crippen LogP contribution in [0.1, 0.15) is 18.1 Å². The van der Waals surface area contributed by atoms with Crippen LogP contribution < -0.4 is 10.2 Å². The van der Waals surface area contributed by atoms with Gasteiger partial charge in [-0.2, -0.15) is 4.31 Å². The number of carbonyl (C=O) groups is 1. The summed E-state index contributed by atoms with van der Waals surface area (Å²) in [5.41, 5.74) is 3.65. The molecule has 8 nitrogen and oxygen atoms in total. The van der Waals surface area contributed by atoms with Gasteiger partial charge in [-0.1, -0.05) is 24.3 Å². The molecule has 2 heterocycles. The summed E-state index contributed by atoms with van der Waals surface area (Å²) in [5.74, 6) is -0.136. The van der Waals surface area contributed by atoms with Crippen molar-refractivity contribution in [3.8, 4) is 0 Å². The molecule has 2 aliphatic rings. The first-order valence-electron chi connectivity index (χ1n) is 11.8. The minimum atomic E-state index is -3.64. The maximum absolute atomic E-state index is 13.1. The van der Waals surface area contributed by atoms with Crippen LogP contribution in [-0.4, -0.2) is 82.1 Å². The highest BCUT2D eigenvalue weighted by Gasteiger charge is 2.29. The van der Waals surface area contributed by atoms with Gasteiger partial charge in [0, 0.05) is 50.6 Å². The van der Waals surface area contributed by atoms with Crippen LogP contribution in [-0.2, 0) is 19.6 Å². The van der Waals surface area contributed by atoms with Crippen LogP contribution in [0.2, 0.25) is 0 Å². The number of morpholine rings is 1. The lowest BCUT2D eigenvalue weighted by molar-refractivity contribution is -0.120. The number of hydrogen-bond acceptors (Lipinski definition) is 6. The Bertz CT molecular complexity index is 1120. The molecule has 2 aliphatic heterocycles. The molecule has 0 bridgehead atoms. The number of hydrogen-bond donors (Lipinski definition) is 1. The first-order chi connectivity index (χ1) is 16.3.